The maximum atomic E-state index is 12.1. The van der Waals surface area contributed by atoms with Crippen molar-refractivity contribution >= 4 is 27.4 Å². The Morgan fingerprint density at radius 2 is 2.25 bits per heavy atom. The molecule has 0 saturated carbocycles. The van der Waals surface area contributed by atoms with E-state index >= 15 is 0 Å². The van der Waals surface area contributed by atoms with Gasteiger partial charge in [-0.05, 0) is 13.0 Å². The molecule has 0 atom stereocenters. The van der Waals surface area contributed by atoms with E-state index in [0.717, 1.165) is 0 Å². The summed E-state index contributed by atoms with van der Waals surface area (Å²) in [6.45, 7) is 2.54. The van der Waals surface area contributed by atoms with Crippen molar-refractivity contribution in [1.29, 1.82) is 0 Å². The minimum absolute atomic E-state index is 0.00884. The second kappa shape index (κ2) is 6.21. The Balaban J connectivity index is 2.14. The van der Waals surface area contributed by atoms with Crippen LogP contribution >= 0.6 is 11.6 Å². The number of sulfonamides is 1. The van der Waals surface area contributed by atoms with Gasteiger partial charge >= 0.3 is 0 Å². The molecule has 0 aliphatic rings. The predicted molar refractivity (Wildman–Crippen MR) is 73.9 cm³/mol. The van der Waals surface area contributed by atoms with Crippen molar-refractivity contribution in [3.8, 4) is 0 Å². The molecule has 2 rings (SSSR count). The first-order valence-corrected chi connectivity index (χ1v) is 7.67. The summed E-state index contributed by atoms with van der Waals surface area (Å²) >= 11 is 5.97. The minimum Gasteiger partial charge on any atom is -0.369 e. The van der Waals surface area contributed by atoms with Gasteiger partial charge in [0.1, 0.15) is 10.7 Å². The van der Waals surface area contributed by atoms with Crippen LogP contribution in [-0.4, -0.2) is 25.1 Å². The molecule has 0 aliphatic carbocycles. The number of hydrogen-bond acceptors (Lipinski definition) is 6. The third-order valence-corrected chi connectivity index (χ3v) is 4.05. The summed E-state index contributed by atoms with van der Waals surface area (Å²) in [6.07, 6.45) is 2.68. The molecule has 0 bridgehead atoms. The summed E-state index contributed by atoms with van der Waals surface area (Å²) in [5.41, 5.74) is 0. The number of anilines is 1. The Bertz CT molecular complexity index is 673. The fraction of sp³-hybridized carbons (Fsp3) is 0.273. The van der Waals surface area contributed by atoms with Crippen LogP contribution in [0.1, 0.15) is 12.7 Å². The fourth-order valence-corrected chi connectivity index (χ4v) is 2.71. The van der Waals surface area contributed by atoms with Crippen molar-refractivity contribution in [3.05, 3.63) is 35.3 Å². The number of hydrogen-bond donors (Lipinski definition) is 2. The van der Waals surface area contributed by atoms with Gasteiger partial charge in [-0.2, -0.15) is 0 Å². The zero-order valence-electron chi connectivity index (χ0n) is 10.6. The second-order valence-corrected chi connectivity index (χ2v) is 6.01. The van der Waals surface area contributed by atoms with E-state index in [1.807, 2.05) is 6.92 Å². The molecule has 9 heteroatoms. The van der Waals surface area contributed by atoms with E-state index in [9.17, 15) is 8.42 Å². The van der Waals surface area contributed by atoms with Gasteiger partial charge in [0, 0.05) is 18.8 Å². The van der Waals surface area contributed by atoms with E-state index in [1.54, 1.807) is 6.07 Å². The van der Waals surface area contributed by atoms with Crippen LogP contribution in [0.5, 0.6) is 0 Å². The highest BCUT2D eigenvalue weighted by atomic mass is 35.5. The topological polar surface area (TPSA) is 97.1 Å². The maximum absolute atomic E-state index is 12.1. The molecule has 0 saturated heterocycles. The highest BCUT2D eigenvalue weighted by Gasteiger charge is 2.17. The first-order chi connectivity index (χ1) is 9.53. The Morgan fingerprint density at radius 3 is 2.85 bits per heavy atom. The van der Waals surface area contributed by atoms with Gasteiger partial charge in [0.25, 0.3) is 0 Å². The van der Waals surface area contributed by atoms with Gasteiger partial charge in [0.2, 0.25) is 10.0 Å². The number of rotatable bonds is 6. The average Bonchev–Trinajstić information content (AvgIpc) is 2.92. The summed E-state index contributed by atoms with van der Waals surface area (Å²) in [5.74, 6) is 0.861. The molecule has 108 valence electrons. The van der Waals surface area contributed by atoms with Crippen molar-refractivity contribution in [2.45, 2.75) is 18.4 Å². The van der Waals surface area contributed by atoms with Gasteiger partial charge < -0.3 is 9.84 Å². The van der Waals surface area contributed by atoms with E-state index in [2.05, 4.69) is 20.2 Å². The van der Waals surface area contributed by atoms with E-state index in [4.69, 9.17) is 16.1 Å². The molecule has 0 aromatic carbocycles. The van der Waals surface area contributed by atoms with Crippen LogP contribution in [0.4, 0.5) is 5.82 Å². The summed E-state index contributed by atoms with van der Waals surface area (Å²) in [6, 6.07) is 2.91. The van der Waals surface area contributed by atoms with Gasteiger partial charge in [-0.15, -0.1) is 0 Å². The first-order valence-electron chi connectivity index (χ1n) is 5.81. The molecule has 2 N–H and O–H groups in total. The predicted octanol–water partition coefficient (Wildman–Crippen LogP) is 1.63. The summed E-state index contributed by atoms with van der Waals surface area (Å²) < 4.78 is 31.3. The van der Waals surface area contributed by atoms with Gasteiger partial charge in [-0.25, -0.2) is 18.1 Å². The van der Waals surface area contributed by atoms with Crippen LogP contribution in [0.3, 0.4) is 0 Å². The first kappa shape index (κ1) is 14.8. The van der Waals surface area contributed by atoms with E-state index < -0.39 is 10.0 Å². The molecule has 20 heavy (non-hydrogen) atoms. The third-order valence-electron chi connectivity index (χ3n) is 2.40. The van der Waals surface area contributed by atoms with Crippen LogP contribution in [0.25, 0.3) is 0 Å². The third kappa shape index (κ3) is 3.47. The molecule has 2 aromatic heterocycles. The van der Waals surface area contributed by atoms with Gasteiger partial charge in [-0.1, -0.05) is 16.8 Å². The van der Waals surface area contributed by atoms with Crippen molar-refractivity contribution in [3.63, 3.8) is 0 Å². The SMILES string of the molecule is CCNc1ncc(S(=O)(=O)NCc2ccno2)cc1Cl. The normalized spacial score (nSPS) is 11.5. The Kier molecular flexibility index (Phi) is 4.58. The van der Waals surface area contributed by atoms with Crippen LogP contribution < -0.4 is 10.0 Å². The molecule has 0 aliphatic heterocycles. The molecule has 0 fully saturated rings. The lowest BCUT2D eigenvalue weighted by Gasteiger charge is -2.08. The Morgan fingerprint density at radius 1 is 1.45 bits per heavy atom. The molecular formula is C11H13ClN4O3S. The monoisotopic (exact) mass is 316 g/mol. The number of aromatic nitrogens is 2. The summed E-state index contributed by atoms with van der Waals surface area (Å²) in [4.78, 5) is 3.97. The van der Waals surface area contributed by atoms with Crippen molar-refractivity contribution in [2.75, 3.05) is 11.9 Å². The van der Waals surface area contributed by atoms with Crippen LogP contribution in [0.15, 0.2) is 33.9 Å². The Hall–Kier alpha value is -1.64. The van der Waals surface area contributed by atoms with Crippen LogP contribution in [-0.2, 0) is 16.6 Å². The lowest BCUT2D eigenvalue weighted by molar-refractivity contribution is 0.380. The average molecular weight is 317 g/mol. The standard InChI is InChI=1S/C11H13ClN4O3S/c1-2-13-11-10(12)5-9(7-14-11)20(17,18)16-6-8-3-4-15-19-8/h3-5,7,16H,2,6H2,1H3,(H,13,14). The van der Waals surface area contributed by atoms with E-state index in [1.165, 1.54) is 18.5 Å². The molecule has 0 amide bonds. The second-order valence-electron chi connectivity index (χ2n) is 3.84. The molecule has 0 radical (unpaired) electrons. The molecular weight excluding hydrogens is 304 g/mol. The molecule has 2 aromatic rings. The van der Waals surface area contributed by atoms with Gasteiger partial charge in [0.15, 0.2) is 5.76 Å². The quantitative estimate of drug-likeness (QED) is 0.840. The number of nitrogens with one attached hydrogen (secondary N) is 2. The Labute approximate surface area is 121 Å². The summed E-state index contributed by atoms with van der Waals surface area (Å²) in [7, 11) is -3.70. The number of nitrogens with zero attached hydrogens (tertiary/aromatic N) is 2. The van der Waals surface area contributed by atoms with Crippen LogP contribution in [0.2, 0.25) is 5.02 Å². The smallest absolute Gasteiger partial charge is 0.242 e. The molecule has 0 unspecified atom stereocenters. The maximum Gasteiger partial charge on any atom is 0.242 e. The molecule has 2 heterocycles. The number of pyridine rings is 1. The van der Waals surface area contributed by atoms with Crippen molar-refractivity contribution in [2.24, 2.45) is 0 Å². The number of halogens is 1. The van der Waals surface area contributed by atoms with E-state index in [0.29, 0.717) is 18.1 Å². The van der Waals surface area contributed by atoms with Crippen molar-refractivity contribution in [1.82, 2.24) is 14.9 Å². The van der Waals surface area contributed by atoms with Gasteiger partial charge in [0.05, 0.1) is 17.8 Å². The minimum atomic E-state index is -3.70. The lowest BCUT2D eigenvalue weighted by Crippen LogP contribution is -2.23. The largest absolute Gasteiger partial charge is 0.369 e. The molecule has 0 spiro atoms. The van der Waals surface area contributed by atoms with E-state index in [-0.39, 0.29) is 16.5 Å². The zero-order chi connectivity index (χ0) is 14.6. The molecule has 7 nitrogen and oxygen atoms in total. The lowest BCUT2D eigenvalue weighted by atomic mass is 10.4. The summed E-state index contributed by atoms with van der Waals surface area (Å²) in [5, 5.41) is 6.66. The van der Waals surface area contributed by atoms with Gasteiger partial charge in [-0.3, -0.25) is 0 Å². The highest BCUT2D eigenvalue weighted by molar-refractivity contribution is 7.89. The zero-order valence-corrected chi connectivity index (χ0v) is 12.2. The highest BCUT2D eigenvalue weighted by Crippen LogP contribution is 2.22. The van der Waals surface area contributed by atoms with Crippen molar-refractivity contribution < 1.29 is 12.9 Å². The fourth-order valence-electron chi connectivity index (χ4n) is 1.45. The van der Waals surface area contributed by atoms with Crippen LogP contribution in [0, 0.1) is 0 Å².